The molecular formula is C13H9FN4O2. The first-order valence-corrected chi connectivity index (χ1v) is 5.68. The SMILES string of the molecule is Nc1ccc(-c2nc(-c3ccc(F)cn3)no2)c(O)c1. The molecule has 0 unspecified atom stereocenters. The van der Waals surface area contributed by atoms with E-state index in [1.807, 2.05) is 0 Å². The van der Waals surface area contributed by atoms with Crippen molar-refractivity contribution in [2.45, 2.75) is 0 Å². The molecule has 2 aromatic heterocycles. The van der Waals surface area contributed by atoms with Gasteiger partial charge in [-0.1, -0.05) is 5.16 Å². The molecule has 100 valence electrons. The molecule has 1 aromatic carbocycles. The van der Waals surface area contributed by atoms with Crippen molar-refractivity contribution >= 4 is 5.69 Å². The zero-order valence-electron chi connectivity index (χ0n) is 10.1. The van der Waals surface area contributed by atoms with Crippen molar-refractivity contribution in [3.05, 3.63) is 42.3 Å². The first-order valence-electron chi connectivity index (χ1n) is 5.68. The van der Waals surface area contributed by atoms with Gasteiger partial charge in [-0.2, -0.15) is 4.98 Å². The van der Waals surface area contributed by atoms with E-state index in [4.69, 9.17) is 10.3 Å². The Morgan fingerprint density at radius 1 is 1.20 bits per heavy atom. The van der Waals surface area contributed by atoms with Gasteiger partial charge in [0.1, 0.15) is 17.3 Å². The maximum Gasteiger partial charge on any atom is 0.262 e. The van der Waals surface area contributed by atoms with Gasteiger partial charge >= 0.3 is 0 Å². The summed E-state index contributed by atoms with van der Waals surface area (Å²) < 4.78 is 17.9. The van der Waals surface area contributed by atoms with E-state index in [2.05, 4.69) is 15.1 Å². The molecule has 0 aliphatic rings. The first-order chi connectivity index (χ1) is 9.63. The fourth-order valence-corrected chi connectivity index (χ4v) is 1.67. The van der Waals surface area contributed by atoms with E-state index in [0.717, 1.165) is 6.20 Å². The van der Waals surface area contributed by atoms with Gasteiger partial charge < -0.3 is 15.4 Å². The van der Waals surface area contributed by atoms with Crippen LogP contribution in [0.5, 0.6) is 5.75 Å². The van der Waals surface area contributed by atoms with Crippen LogP contribution in [0.1, 0.15) is 0 Å². The van der Waals surface area contributed by atoms with Crippen LogP contribution in [-0.4, -0.2) is 20.2 Å². The largest absolute Gasteiger partial charge is 0.507 e. The van der Waals surface area contributed by atoms with Crippen LogP contribution in [0.4, 0.5) is 10.1 Å². The van der Waals surface area contributed by atoms with Crippen LogP contribution in [0.15, 0.2) is 41.1 Å². The Morgan fingerprint density at radius 2 is 2.05 bits per heavy atom. The van der Waals surface area contributed by atoms with Crippen molar-refractivity contribution in [2.24, 2.45) is 0 Å². The Bertz CT molecular complexity index is 755. The summed E-state index contributed by atoms with van der Waals surface area (Å²) in [4.78, 5) is 7.96. The Kier molecular flexibility index (Phi) is 2.79. The highest BCUT2D eigenvalue weighted by atomic mass is 19.1. The molecule has 0 radical (unpaired) electrons. The minimum absolute atomic E-state index is 0.0627. The van der Waals surface area contributed by atoms with E-state index in [9.17, 15) is 9.50 Å². The lowest BCUT2D eigenvalue weighted by Crippen LogP contribution is -1.87. The molecule has 0 saturated carbocycles. The van der Waals surface area contributed by atoms with Crippen LogP contribution in [0, 0.1) is 5.82 Å². The zero-order chi connectivity index (χ0) is 14.1. The number of hydrogen-bond acceptors (Lipinski definition) is 6. The third kappa shape index (κ3) is 2.16. The number of anilines is 1. The number of nitrogens with zero attached hydrogens (tertiary/aromatic N) is 3. The number of pyridine rings is 1. The van der Waals surface area contributed by atoms with E-state index in [-0.39, 0.29) is 17.5 Å². The van der Waals surface area contributed by atoms with Gasteiger partial charge in [0.05, 0.1) is 11.8 Å². The van der Waals surface area contributed by atoms with Gasteiger partial charge in [0.15, 0.2) is 0 Å². The summed E-state index contributed by atoms with van der Waals surface area (Å²) in [6.07, 6.45) is 1.06. The molecule has 7 heteroatoms. The molecule has 3 aromatic rings. The summed E-state index contributed by atoms with van der Waals surface area (Å²) in [5, 5.41) is 13.5. The van der Waals surface area contributed by atoms with E-state index in [1.165, 1.54) is 18.2 Å². The molecule has 0 spiro atoms. The number of phenolic OH excluding ortho intramolecular Hbond substituents is 1. The molecule has 0 aliphatic heterocycles. The molecule has 3 rings (SSSR count). The quantitative estimate of drug-likeness (QED) is 0.694. The lowest BCUT2D eigenvalue weighted by Gasteiger charge is -1.99. The smallest absolute Gasteiger partial charge is 0.262 e. The second-order valence-electron chi connectivity index (χ2n) is 4.06. The van der Waals surface area contributed by atoms with Gasteiger partial charge in [-0.3, -0.25) is 0 Å². The first kappa shape index (κ1) is 12.1. The maximum absolute atomic E-state index is 12.8. The van der Waals surface area contributed by atoms with Crippen LogP contribution < -0.4 is 5.73 Å². The molecule has 6 nitrogen and oxygen atoms in total. The fraction of sp³-hybridized carbons (Fsp3) is 0. The van der Waals surface area contributed by atoms with Crippen molar-refractivity contribution < 1.29 is 14.0 Å². The number of aromatic hydroxyl groups is 1. The number of nitrogens with two attached hydrogens (primary N) is 1. The van der Waals surface area contributed by atoms with Crippen molar-refractivity contribution in [2.75, 3.05) is 5.73 Å². The standard InChI is InChI=1S/C13H9FN4O2/c14-7-1-4-10(16-6-7)12-17-13(20-18-12)9-3-2-8(15)5-11(9)19/h1-6,19H,15H2. The van der Waals surface area contributed by atoms with Crippen molar-refractivity contribution in [3.8, 4) is 28.7 Å². The molecule has 0 fully saturated rings. The topological polar surface area (TPSA) is 98.1 Å². The van der Waals surface area contributed by atoms with Gasteiger partial charge in [-0.25, -0.2) is 9.37 Å². The van der Waals surface area contributed by atoms with Crippen molar-refractivity contribution in [3.63, 3.8) is 0 Å². The monoisotopic (exact) mass is 272 g/mol. The molecule has 20 heavy (non-hydrogen) atoms. The number of halogens is 1. The lowest BCUT2D eigenvalue weighted by atomic mass is 10.2. The zero-order valence-corrected chi connectivity index (χ0v) is 10.1. The van der Waals surface area contributed by atoms with Crippen molar-refractivity contribution in [1.82, 2.24) is 15.1 Å². The minimum Gasteiger partial charge on any atom is -0.507 e. The Labute approximate surface area is 112 Å². The Hall–Kier alpha value is -2.96. The molecule has 0 bridgehead atoms. The van der Waals surface area contributed by atoms with Gasteiger partial charge in [0.25, 0.3) is 5.89 Å². The fourth-order valence-electron chi connectivity index (χ4n) is 1.67. The van der Waals surface area contributed by atoms with Gasteiger partial charge in [-0.05, 0) is 24.3 Å². The highest BCUT2D eigenvalue weighted by Gasteiger charge is 2.14. The normalized spacial score (nSPS) is 10.7. The average molecular weight is 272 g/mol. The van der Waals surface area contributed by atoms with Crippen LogP contribution in [-0.2, 0) is 0 Å². The second-order valence-corrected chi connectivity index (χ2v) is 4.06. The van der Waals surface area contributed by atoms with E-state index >= 15 is 0 Å². The lowest BCUT2D eigenvalue weighted by molar-refractivity contribution is 0.425. The molecule has 2 heterocycles. The maximum atomic E-state index is 12.8. The molecule has 0 amide bonds. The van der Waals surface area contributed by atoms with Gasteiger partial charge in [0, 0.05) is 11.8 Å². The molecule has 0 saturated heterocycles. The third-order valence-corrected chi connectivity index (χ3v) is 2.63. The Balaban J connectivity index is 1.99. The summed E-state index contributed by atoms with van der Waals surface area (Å²) in [6.45, 7) is 0. The highest BCUT2D eigenvalue weighted by molar-refractivity contribution is 5.67. The summed E-state index contributed by atoms with van der Waals surface area (Å²) in [5.41, 5.74) is 6.70. The summed E-state index contributed by atoms with van der Waals surface area (Å²) in [5.74, 6) is -0.180. The molecular weight excluding hydrogens is 263 g/mol. The predicted molar refractivity (Wildman–Crippen MR) is 69.0 cm³/mol. The third-order valence-electron chi connectivity index (χ3n) is 2.63. The average Bonchev–Trinajstić information content (AvgIpc) is 2.89. The summed E-state index contributed by atoms with van der Waals surface area (Å²) >= 11 is 0. The number of phenols is 1. The van der Waals surface area contributed by atoms with E-state index in [1.54, 1.807) is 12.1 Å². The number of nitrogen functional groups attached to an aromatic ring is 1. The van der Waals surface area contributed by atoms with Crippen LogP contribution in [0.2, 0.25) is 0 Å². The summed E-state index contributed by atoms with van der Waals surface area (Å²) in [6, 6.07) is 7.25. The number of benzene rings is 1. The van der Waals surface area contributed by atoms with Crippen LogP contribution in [0.3, 0.4) is 0 Å². The number of aromatic nitrogens is 3. The number of rotatable bonds is 2. The summed E-state index contributed by atoms with van der Waals surface area (Å²) in [7, 11) is 0. The predicted octanol–water partition coefficient (Wildman–Crippen LogP) is 2.23. The minimum atomic E-state index is -0.450. The number of hydrogen-bond donors (Lipinski definition) is 2. The van der Waals surface area contributed by atoms with Crippen LogP contribution in [0.25, 0.3) is 23.0 Å². The molecule has 0 aliphatic carbocycles. The van der Waals surface area contributed by atoms with Crippen LogP contribution >= 0.6 is 0 Å². The van der Waals surface area contributed by atoms with Crippen molar-refractivity contribution in [1.29, 1.82) is 0 Å². The van der Waals surface area contributed by atoms with Gasteiger partial charge in [-0.15, -0.1) is 0 Å². The molecule has 0 atom stereocenters. The highest BCUT2D eigenvalue weighted by Crippen LogP contribution is 2.30. The van der Waals surface area contributed by atoms with E-state index in [0.29, 0.717) is 16.9 Å². The Morgan fingerprint density at radius 3 is 2.75 bits per heavy atom. The second kappa shape index (κ2) is 4.61. The van der Waals surface area contributed by atoms with Gasteiger partial charge in [0.2, 0.25) is 5.82 Å². The molecule has 3 N–H and O–H groups in total. The van der Waals surface area contributed by atoms with E-state index < -0.39 is 5.82 Å².